The SMILES string of the molecule is Cc1cc(NCCC[N+]2(C)CCOCC2)n2ncc(N)c2n1. The molecule has 3 N–H and O–H groups in total. The van der Waals surface area contributed by atoms with E-state index in [1.54, 1.807) is 10.7 Å². The molecule has 0 spiro atoms. The molecule has 3 heterocycles. The molecule has 0 radical (unpaired) electrons. The van der Waals surface area contributed by atoms with Crippen molar-refractivity contribution in [1.29, 1.82) is 0 Å². The maximum Gasteiger partial charge on any atom is 0.180 e. The van der Waals surface area contributed by atoms with Crippen LogP contribution in [0.3, 0.4) is 0 Å². The number of rotatable bonds is 5. The third-order valence-corrected chi connectivity index (χ3v) is 4.36. The van der Waals surface area contributed by atoms with Crippen LogP contribution >= 0.6 is 0 Å². The van der Waals surface area contributed by atoms with E-state index in [-0.39, 0.29) is 0 Å². The number of hydrogen-bond donors (Lipinski definition) is 2. The fourth-order valence-electron chi connectivity index (χ4n) is 2.91. The van der Waals surface area contributed by atoms with Crippen molar-refractivity contribution in [3.8, 4) is 0 Å². The molecular weight excluding hydrogens is 280 g/mol. The van der Waals surface area contributed by atoms with Gasteiger partial charge in [0.05, 0.1) is 38.7 Å². The molecule has 7 nitrogen and oxygen atoms in total. The molecule has 120 valence electrons. The molecule has 0 aromatic carbocycles. The summed E-state index contributed by atoms with van der Waals surface area (Å²) in [5.41, 5.74) is 8.16. The van der Waals surface area contributed by atoms with Crippen LogP contribution in [0.25, 0.3) is 5.65 Å². The van der Waals surface area contributed by atoms with Crippen LogP contribution in [-0.2, 0) is 4.74 Å². The number of morpholine rings is 1. The van der Waals surface area contributed by atoms with Gasteiger partial charge < -0.3 is 20.3 Å². The summed E-state index contributed by atoms with van der Waals surface area (Å²) in [6.45, 7) is 8.00. The molecule has 0 bridgehead atoms. The maximum absolute atomic E-state index is 5.90. The van der Waals surface area contributed by atoms with Crippen LogP contribution in [0, 0.1) is 6.92 Å². The summed E-state index contributed by atoms with van der Waals surface area (Å²) >= 11 is 0. The summed E-state index contributed by atoms with van der Waals surface area (Å²) in [5.74, 6) is 0.948. The third kappa shape index (κ3) is 3.15. The van der Waals surface area contributed by atoms with E-state index in [9.17, 15) is 0 Å². The van der Waals surface area contributed by atoms with E-state index < -0.39 is 0 Å². The zero-order chi connectivity index (χ0) is 15.6. The highest BCUT2D eigenvalue weighted by molar-refractivity contribution is 5.66. The number of nitrogens with one attached hydrogen (secondary N) is 1. The van der Waals surface area contributed by atoms with Crippen LogP contribution in [0.5, 0.6) is 0 Å². The predicted molar refractivity (Wildman–Crippen MR) is 86.8 cm³/mol. The van der Waals surface area contributed by atoms with Crippen LogP contribution in [0.15, 0.2) is 12.3 Å². The number of aromatic nitrogens is 3. The van der Waals surface area contributed by atoms with Crippen molar-refractivity contribution < 1.29 is 9.22 Å². The minimum Gasteiger partial charge on any atom is -0.394 e. The van der Waals surface area contributed by atoms with Gasteiger partial charge in [-0.1, -0.05) is 0 Å². The van der Waals surface area contributed by atoms with E-state index in [4.69, 9.17) is 10.5 Å². The van der Waals surface area contributed by atoms with Gasteiger partial charge in [-0.3, -0.25) is 0 Å². The van der Waals surface area contributed by atoms with Gasteiger partial charge in [-0.05, 0) is 6.92 Å². The average molecular weight is 305 g/mol. The first-order valence-electron chi connectivity index (χ1n) is 7.83. The molecule has 2 aromatic heterocycles. The van der Waals surface area contributed by atoms with Crippen LogP contribution in [0.1, 0.15) is 12.1 Å². The van der Waals surface area contributed by atoms with E-state index >= 15 is 0 Å². The highest BCUT2D eigenvalue weighted by atomic mass is 16.5. The van der Waals surface area contributed by atoms with Crippen molar-refractivity contribution in [2.45, 2.75) is 13.3 Å². The van der Waals surface area contributed by atoms with Crippen molar-refractivity contribution in [2.24, 2.45) is 0 Å². The molecule has 0 atom stereocenters. The number of anilines is 2. The van der Waals surface area contributed by atoms with E-state index in [0.717, 1.165) is 67.5 Å². The normalized spacial score (nSPS) is 17.7. The summed E-state index contributed by atoms with van der Waals surface area (Å²) in [5, 5.41) is 7.75. The fraction of sp³-hybridized carbons (Fsp3) is 0.600. The third-order valence-electron chi connectivity index (χ3n) is 4.36. The van der Waals surface area contributed by atoms with Gasteiger partial charge in [0.15, 0.2) is 5.65 Å². The Morgan fingerprint density at radius 1 is 1.41 bits per heavy atom. The number of aryl methyl sites for hydroxylation is 1. The van der Waals surface area contributed by atoms with Crippen molar-refractivity contribution in [2.75, 3.05) is 57.5 Å². The minimum absolute atomic E-state index is 0.609. The second-order valence-electron chi connectivity index (χ2n) is 6.30. The van der Waals surface area contributed by atoms with Gasteiger partial charge in [0.25, 0.3) is 0 Å². The van der Waals surface area contributed by atoms with E-state index in [1.807, 2.05) is 13.0 Å². The number of nitrogens with two attached hydrogens (primary N) is 1. The van der Waals surface area contributed by atoms with E-state index in [0.29, 0.717) is 5.69 Å². The Morgan fingerprint density at radius 3 is 2.95 bits per heavy atom. The van der Waals surface area contributed by atoms with Gasteiger partial charge >= 0.3 is 0 Å². The maximum atomic E-state index is 5.90. The van der Waals surface area contributed by atoms with Crippen LogP contribution in [0.2, 0.25) is 0 Å². The number of nitrogens with zero attached hydrogens (tertiary/aromatic N) is 4. The topological polar surface area (TPSA) is 77.5 Å². The molecule has 7 heteroatoms. The Morgan fingerprint density at radius 2 is 2.18 bits per heavy atom. The van der Waals surface area contributed by atoms with E-state index in [1.165, 1.54) is 0 Å². The molecule has 1 fully saturated rings. The standard InChI is InChI=1S/C15H25N6O/c1-12-10-14(20-15(19-12)13(16)11-18-20)17-4-3-5-21(2)6-8-22-9-7-21/h10-11,17H,3-9,16H2,1-2H3/q+1. The largest absolute Gasteiger partial charge is 0.394 e. The van der Waals surface area contributed by atoms with Gasteiger partial charge in [0.1, 0.15) is 18.9 Å². The lowest BCUT2D eigenvalue weighted by molar-refractivity contribution is -0.916. The first kappa shape index (κ1) is 15.1. The molecule has 1 saturated heterocycles. The molecule has 0 amide bonds. The highest BCUT2D eigenvalue weighted by Crippen LogP contribution is 2.17. The zero-order valence-corrected chi connectivity index (χ0v) is 13.4. The molecule has 22 heavy (non-hydrogen) atoms. The first-order chi connectivity index (χ1) is 10.6. The van der Waals surface area contributed by atoms with Crippen molar-refractivity contribution >= 4 is 17.2 Å². The van der Waals surface area contributed by atoms with Gasteiger partial charge in [-0.25, -0.2) is 4.98 Å². The molecule has 3 rings (SSSR count). The lowest BCUT2D eigenvalue weighted by Crippen LogP contribution is -2.52. The van der Waals surface area contributed by atoms with Gasteiger partial charge in [0, 0.05) is 24.7 Å². The second-order valence-corrected chi connectivity index (χ2v) is 6.30. The quantitative estimate of drug-likeness (QED) is 0.634. The number of ether oxygens (including phenoxy) is 1. The predicted octanol–water partition coefficient (Wildman–Crippen LogP) is 0.899. The Kier molecular flexibility index (Phi) is 4.17. The summed E-state index contributed by atoms with van der Waals surface area (Å²) in [6, 6.07) is 2.00. The molecular formula is C15H25N6O+. The molecule has 0 unspecified atom stereocenters. The minimum atomic E-state index is 0.609. The van der Waals surface area contributed by atoms with Gasteiger partial charge in [-0.2, -0.15) is 9.61 Å². The van der Waals surface area contributed by atoms with Crippen molar-refractivity contribution in [3.05, 3.63) is 18.0 Å². The molecule has 0 saturated carbocycles. The lowest BCUT2D eigenvalue weighted by atomic mass is 10.3. The summed E-state index contributed by atoms with van der Waals surface area (Å²) in [4.78, 5) is 4.43. The number of nitrogen functional groups attached to an aromatic ring is 1. The Balaban J connectivity index is 1.60. The average Bonchev–Trinajstić information content (AvgIpc) is 2.86. The van der Waals surface area contributed by atoms with Crippen LogP contribution in [0.4, 0.5) is 11.5 Å². The first-order valence-corrected chi connectivity index (χ1v) is 7.83. The number of likely N-dealkylation sites (N-methyl/N-ethyl adjacent to an activating group) is 1. The molecule has 0 aliphatic carbocycles. The highest BCUT2D eigenvalue weighted by Gasteiger charge is 2.24. The van der Waals surface area contributed by atoms with E-state index in [2.05, 4.69) is 22.4 Å². The summed E-state index contributed by atoms with van der Waals surface area (Å²) in [7, 11) is 2.31. The lowest BCUT2D eigenvalue weighted by Gasteiger charge is -2.37. The molecule has 2 aromatic rings. The van der Waals surface area contributed by atoms with Gasteiger partial charge in [0.2, 0.25) is 0 Å². The smallest absolute Gasteiger partial charge is 0.180 e. The number of hydrogen-bond acceptors (Lipinski definition) is 5. The Labute approximate surface area is 130 Å². The zero-order valence-electron chi connectivity index (χ0n) is 13.4. The molecule has 1 aliphatic heterocycles. The number of quaternary nitrogens is 1. The monoisotopic (exact) mass is 305 g/mol. The van der Waals surface area contributed by atoms with Crippen molar-refractivity contribution in [1.82, 2.24) is 14.6 Å². The van der Waals surface area contributed by atoms with Gasteiger partial charge in [-0.15, -0.1) is 0 Å². The second kappa shape index (κ2) is 6.10. The molecule has 1 aliphatic rings. The Hall–Kier alpha value is -1.86. The summed E-state index contributed by atoms with van der Waals surface area (Å²) < 4.78 is 8.31. The summed E-state index contributed by atoms with van der Waals surface area (Å²) in [6.07, 6.45) is 2.75. The number of fused-ring (bicyclic) bond motifs is 1. The Bertz CT molecular complexity index is 647. The fourth-order valence-corrected chi connectivity index (χ4v) is 2.91. The van der Waals surface area contributed by atoms with Crippen molar-refractivity contribution in [3.63, 3.8) is 0 Å². The van der Waals surface area contributed by atoms with Crippen LogP contribution < -0.4 is 11.1 Å². The van der Waals surface area contributed by atoms with Crippen LogP contribution in [-0.4, -0.2) is 65.5 Å².